The van der Waals surface area contributed by atoms with Crippen molar-refractivity contribution in [2.24, 2.45) is 0 Å². The molecule has 0 bridgehead atoms. The Kier molecular flexibility index (Phi) is 5.52. The van der Waals surface area contributed by atoms with Crippen molar-refractivity contribution >= 4 is 40.2 Å². The molecule has 0 spiro atoms. The van der Waals surface area contributed by atoms with Gasteiger partial charge in [0.2, 0.25) is 5.91 Å². The van der Waals surface area contributed by atoms with E-state index in [9.17, 15) is 4.79 Å². The zero-order chi connectivity index (χ0) is 15.4. The molecule has 2 aromatic heterocycles. The van der Waals surface area contributed by atoms with Crippen LogP contribution in [0.25, 0.3) is 0 Å². The van der Waals surface area contributed by atoms with Gasteiger partial charge in [-0.05, 0) is 40.9 Å². The maximum atomic E-state index is 12.3. The molecule has 1 aliphatic heterocycles. The SMILES string of the molecule is O=C(CCc1ccsc1)N1CCN(Cc2ccc(Cl)s2)CC1. The van der Waals surface area contributed by atoms with Crippen LogP contribution in [-0.4, -0.2) is 41.9 Å². The molecule has 1 saturated heterocycles. The van der Waals surface area contributed by atoms with Gasteiger partial charge in [0.05, 0.1) is 4.34 Å². The summed E-state index contributed by atoms with van der Waals surface area (Å²) in [6, 6.07) is 6.14. The van der Waals surface area contributed by atoms with Gasteiger partial charge in [0.15, 0.2) is 0 Å². The number of carbonyl (C=O) groups excluding carboxylic acids is 1. The monoisotopic (exact) mass is 354 g/mol. The van der Waals surface area contributed by atoms with Gasteiger partial charge in [-0.3, -0.25) is 9.69 Å². The summed E-state index contributed by atoms with van der Waals surface area (Å²) in [5.74, 6) is 0.282. The van der Waals surface area contributed by atoms with Crippen LogP contribution < -0.4 is 0 Å². The number of hydrogen-bond donors (Lipinski definition) is 0. The van der Waals surface area contributed by atoms with Crippen LogP contribution in [0, 0.1) is 0 Å². The Morgan fingerprint density at radius 1 is 1.18 bits per heavy atom. The molecule has 1 fully saturated rings. The molecular formula is C16H19ClN2OS2. The van der Waals surface area contributed by atoms with Crippen molar-refractivity contribution in [2.45, 2.75) is 19.4 Å². The quantitative estimate of drug-likeness (QED) is 0.816. The lowest BCUT2D eigenvalue weighted by atomic mass is 10.1. The number of amides is 1. The summed E-state index contributed by atoms with van der Waals surface area (Å²) in [6.45, 7) is 4.50. The molecule has 3 heterocycles. The first-order valence-corrected chi connectivity index (χ1v) is 9.60. The highest BCUT2D eigenvalue weighted by atomic mass is 35.5. The van der Waals surface area contributed by atoms with Gasteiger partial charge in [0, 0.05) is 44.0 Å². The van der Waals surface area contributed by atoms with Crippen molar-refractivity contribution in [3.8, 4) is 0 Å². The van der Waals surface area contributed by atoms with Crippen LogP contribution in [0.5, 0.6) is 0 Å². The van der Waals surface area contributed by atoms with Gasteiger partial charge in [-0.2, -0.15) is 11.3 Å². The summed E-state index contributed by atoms with van der Waals surface area (Å²) in [4.78, 5) is 17.9. The Morgan fingerprint density at radius 3 is 2.64 bits per heavy atom. The van der Waals surface area contributed by atoms with Gasteiger partial charge in [0.25, 0.3) is 0 Å². The van der Waals surface area contributed by atoms with E-state index in [4.69, 9.17) is 11.6 Å². The smallest absolute Gasteiger partial charge is 0.222 e. The number of halogens is 1. The van der Waals surface area contributed by atoms with E-state index >= 15 is 0 Å². The Morgan fingerprint density at radius 2 is 2.00 bits per heavy atom. The predicted molar refractivity (Wildman–Crippen MR) is 93.8 cm³/mol. The highest BCUT2D eigenvalue weighted by Gasteiger charge is 2.21. The molecule has 1 amide bonds. The first-order valence-electron chi connectivity index (χ1n) is 7.46. The molecule has 0 aliphatic carbocycles. The van der Waals surface area contributed by atoms with Gasteiger partial charge in [-0.15, -0.1) is 11.3 Å². The minimum atomic E-state index is 0.282. The van der Waals surface area contributed by atoms with Crippen LogP contribution >= 0.6 is 34.3 Å². The lowest BCUT2D eigenvalue weighted by molar-refractivity contribution is -0.132. The Balaban J connectivity index is 1.42. The second kappa shape index (κ2) is 7.59. The van der Waals surface area contributed by atoms with Crippen LogP contribution in [0.2, 0.25) is 4.34 Å². The van der Waals surface area contributed by atoms with E-state index in [0.29, 0.717) is 6.42 Å². The molecule has 0 unspecified atom stereocenters. The van der Waals surface area contributed by atoms with E-state index in [1.807, 2.05) is 11.0 Å². The molecule has 0 radical (unpaired) electrons. The normalized spacial score (nSPS) is 16.1. The summed E-state index contributed by atoms with van der Waals surface area (Å²) in [7, 11) is 0. The Bertz CT molecular complexity index is 603. The number of hydrogen-bond acceptors (Lipinski definition) is 4. The number of rotatable bonds is 5. The highest BCUT2D eigenvalue weighted by molar-refractivity contribution is 7.16. The fourth-order valence-corrected chi connectivity index (χ4v) is 4.49. The molecule has 0 saturated carbocycles. The molecule has 1 aliphatic rings. The summed E-state index contributed by atoms with van der Waals surface area (Å²) >= 11 is 9.30. The topological polar surface area (TPSA) is 23.6 Å². The van der Waals surface area contributed by atoms with Gasteiger partial charge in [-0.25, -0.2) is 0 Å². The first kappa shape index (κ1) is 16.0. The zero-order valence-corrected chi connectivity index (χ0v) is 14.7. The van der Waals surface area contributed by atoms with Crippen molar-refractivity contribution in [3.05, 3.63) is 43.7 Å². The van der Waals surface area contributed by atoms with Crippen molar-refractivity contribution in [2.75, 3.05) is 26.2 Å². The highest BCUT2D eigenvalue weighted by Crippen LogP contribution is 2.23. The Hall–Kier alpha value is -0.880. The average molecular weight is 355 g/mol. The Labute approximate surface area is 144 Å². The van der Waals surface area contributed by atoms with Crippen LogP contribution in [-0.2, 0) is 17.8 Å². The molecule has 2 aromatic rings. The van der Waals surface area contributed by atoms with E-state index in [0.717, 1.165) is 43.5 Å². The minimum absolute atomic E-state index is 0.282. The van der Waals surface area contributed by atoms with Crippen LogP contribution in [0.15, 0.2) is 29.0 Å². The van der Waals surface area contributed by atoms with Crippen molar-refractivity contribution in [1.82, 2.24) is 9.80 Å². The maximum Gasteiger partial charge on any atom is 0.222 e. The van der Waals surface area contributed by atoms with Gasteiger partial charge in [0.1, 0.15) is 0 Å². The van der Waals surface area contributed by atoms with Crippen molar-refractivity contribution in [3.63, 3.8) is 0 Å². The summed E-state index contributed by atoms with van der Waals surface area (Å²) in [6.07, 6.45) is 1.48. The molecular weight excluding hydrogens is 336 g/mol. The number of carbonyl (C=O) groups is 1. The maximum absolute atomic E-state index is 12.3. The fourth-order valence-electron chi connectivity index (χ4n) is 2.66. The van der Waals surface area contributed by atoms with Crippen LogP contribution in [0.4, 0.5) is 0 Å². The van der Waals surface area contributed by atoms with Crippen LogP contribution in [0.1, 0.15) is 16.9 Å². The van der Waals surface area contributed by atoms with E-state index < -0.39 is 0 Å². The summed E-state index contributed by atoms with van der Waals surface area (Å²) in [5.41, 5.74) is 1.27. The summed E-state index contributed by atoms with van der Waals surface area (Å²) in [5, 5.41) is 4.19. The van der Waals surface area contributed by atoms with E-state index in [1.54, 1.807) is 22.7 Å². The number of thiophene rings is 2. The third-order valence-electron chi connectivity index (χ3n) is 3.94. The molecule has 22 heavy (non-hydrogen) atoms. The van der Waals surface area contributed by atoms with Crippen LogP contribution in [0.3, 0.4) is 0 Å². The largest absolute Gasteiger partial charge is 0.340 e. The standard InChI is InChI=1S/C16H19ClN2OS2/c17-15-3-2-14(22-15)11-18-6-8-19(9-7-18)16(20)4-1-13-5-10-21-12-13/h2-3,5,10,12H,1,4,6-9,11H2. The summed E-state index contributed by atoms with van der Waals surface area (Å²) < 4.78 is 0.845. The fraction of sp³-hybridized carbons (Fsp3) is 0.438. The van der Waals surface area contributed by atoms with Gasteiger partial charge in [-0.1, -0.05) is 11.6 Å². The van der Waals surface area contributed by atoms with E-state index in [1.165, 1.54) is 10.4 Å². The van der Waals surface area contributed by atoms with Gasteiger partial charge >= 0.3 is 0 Å². The second-order valence-corrected chi connectivity index (χ2v) is 8.07. The third kappa shape index (κ3) is 4.32. The molecule has 3 rings (SSSR count). The first-order chi connectivity index (χ1) is 10.7. The van der Waals surface area contributed by atoms with E-state index in [2.05, 4.69) is 27.8 Å². The lowest BCUT2D eigenvalue weighted by Crippen LogP contribution is -2.48. The van der Waals surface area contributed by atoms with Gasteiger partial charge < -0.3 is 4.90 Å². The number of piperazine rings is 1. The lowest BCUT2D eigenvalue weighted by Gasteiger charge is -2.34. The van der Waals surface area contributed by atoms with Crippen molar-refractivity contribution in [1.29, 1.82) is 0 Å². The number of nitrogens with zero attached hydrogens (tertiary/aromatic N) is 2. The third-order valence-corrected chi connectivity index (χ3v) is 5.89. The van der Waals surface area contributed by atoms with E-state index in [-0.39, 0.29) is 5.91 Å². The molecule has 6 heteroatoms. The predicted octanol–water partition coefficient (Wildman–Crippen LogP) is 3.74. The molecule has 118 valence electrons. The molecule has 0 N–H and O–H groups in total. The molecule has 3 nitrogen and oxygen atoms in total. The molecule has 0 atom stereocenters. The number of aryl methyl sites for hydroxylation is 1. The minimum Gasteiger partial charge on any atom is -0.340 e. The second-order valence-electron chi connectivity index (χ2n) is 5.49. The average Bonchev–Trinajstić information content (AvgIpc) is 3.17. The zero-order valence-electron chi connectivity index (χ0n) is 12.3. The molecule has 0 aromatic carbocycles. The van der Waals surface area contributed by atoms with Crippen molar-refractivity contribution < 1.29 is 4.79 Å².